The summed E-state index contributed by atoms with van der Waals surface area (Å²) in [6.07, 6.45) is 0. The molecule has 3 aromatic carbocycles. The highest BCUT2D eigenvalue weighted by atomic mass is 35.5. The average Bonchev–Trinajstić information content (AvgIpc) is 2.88. The van der Waals surface area contributed by atoms with Gasteiger partial charge < -0.3 is 24.3 Å². The van der Waals surface area contributed by atoms with Crippen LogP contribution < -0.4 is 24.2 Å². The second-order valence-corrected chi connectivity index (χ2v) is 9.81. The molecule has 1 amide bonds. The molecule has 0 fully saturated rings. The fraction of sp³-hybridized carbons (Fsp3) is 0.167. The number of benzene rings is 3. The Morgan fingerprint density at radius 1 is 0.865 bits per heavy atom. The molecule has 0 bridgehead atoms. The van der Waals surface area contributed by atoms with Crippen LogP contribution in [0.5, 0.6) is 17.2 Å². The second-order valence-electron chi connectivity index (χ2n) is 7.29. The zero-order valence-corrected chi connectivity index (χ0v) is 22.2. The first kappa shape index (κ1) is 27.9. The molecule has 3 aromatic rings. The zero-order valence-electron chi connectivity index (χ0n) is 19.8. The quantitative estimate of drug-likeness (QED) is 0.339. The molecule has 0 aliphatic heterocycles. The number of ether oxygens (including phenoxy) is 4. The van der Waals surface area contributed by atoms with Gasteiger partial charge in [-0.1, -0.05) is 23.2 Å². The van der Waals surface area contributed by atoms with Crippen LogP contribution in [0.4, 0.5) is 11.4 Å². The van der Waals surface area contributed by atoms with Crippen LogP contribution in [0.1, 0.15) is 10.4 Å². The number of hydrogen-bond acceptors (Lipinski definition) is 8. The lowest BCUT2D eigenvalue weighted by Crippen LogP contribution is -2.22. The molecule has 3 rings (SSSR count). The van der Waals surface area contributed by atoms with Crippen LogP contribution in [0.25, 0.3) is 0 Å². The van der Waals surface area contributed by atoms with Crippen LogP contribution in [-0.4, -0.2) is 48.2 Å². The van der Waals surface area contributed by atoms with Crippen LogP contribution >= 0.6 is 23.2 Å². The largest absolute Gasteiger partial charge is 0.493 e. The highest BCUT2D eigenvalue weighted by Crippen LogP contribution is 2.34. The van der Waals surface area contributed by atoms with Gasteiger partial charge >= 0.3 is 5.97 Å². The monoisotopic (exact) mass is 568 g/mol. The van der Waals surface area contributed by atoms with Crippen molar-refractivity contribution in [2.45, 2.75) is 4.90 Å². The number of anilines is 2. The first-order valence-corrected chi connectivity index (χ1v) is 12.7. The maximum atomic E-state index is 12.7. The Morgan fingerprint density at radius 2 is 1.51 bits per heavy atom. The van der Waals surface area contributed by atoms with Crippen molar-refractivity contribution in [2.24, 2.45) is 0 Å². The molecule has 13 heteroatoms. The van der Waals surface area contributed by atoms with Gasteiger partial charge in [-0.25, -0.2) is 13.2 Å². The predicted molar refractivity (Wildman–Crippen MR) is 139 cm³/mol. The van der Waals surface area contributed by atoms with E-state index in [-0.39, 0.29) is 38.4 Å². The molecule has 37 heavy (non-hydrogen) atoms. The first-order valence-electron chi connectivity index (χ1n) is 10.4. The molecule has 0 aromatic heterocycles. The Labute approximate surface area is 223 Å². The fourth-order valence-electron chi connectivity index (χ4n) is 3.09. The summed E-state index contributed by atoms with van der Waals surface area (Å²) in [6.45, 7) is -0.496. The Morgan fingerprint density at radius 3 is 2.11 bits per heavy atom. The van der Waals surface area contributed by atoms with Gasteiger partial charge in [-0.3, -0.25) is 9.52 Å². The lowest BCUT2D eigenvalue weighted by Gasteiger charge is -2.15. The van der Waals surface area contributed by atoms with Crippen molar-refractivity contribution in [2.75, 3.05) is 38.0 Å². The molecule has 0 saturated heterocycles. The molecule has 2 N–H and O–H groups in total. The van der Waals surface area contributed by atoms with E-state index in [0.29, 0.717) is 10.7 Å². The zero-order chi connectivity index (χ0) is 27.2. The van der Waals surface area contributed by atoms with Gasteiger partial charge in [0.1, 0.15) is 5.75 Å². The smallest absolute Gasteiger partial charge is 0.340 e. The minimum Gasteiger partial charge on any atom is -0.493 e. The number of hydrogen-bond donors (Lipinski definition) is 2. The molecular weight excluding hydrogens is 547 g/mol. The Hall–Kier alpha value is -3.67. The van der Waals surface area contributed by atoms with E-state index < -0.39 is 28.5 Å². The standard InChI is InChI=1S/C24H22Cl2N2O8S/c1-33-21-11-17(24(30)35-3)19(12-22(21)34-2)27-23(29)13-36-20-9-8-16(10-18(20)26)37(31,32)28-15-6-4-14(25)5-7-15/h4-12,28H,13H2,1-3H3,(H,27,29). The summed E-state index contributed by atoms with van der Waals surface area (Å²) >= 11 is 12.0. The number of carbonyl (C=O) groups excluding carboxylic acids is 2. The average molecular weight is 569 g/mol. The Balaban J connectivity index is 1.71. The number of esters is 1. The molecule has 196 valence electrons. The summed E-state index contributed by atoms with van der Waals surface area (Å²) < 4.78 is 48.4. The van der Waals surface area contributed by atoms with Gasteiger partial charge in [0, 0.05) is 22.8 Å². The van der Waals surface area contributed by atoms with Crippen molar-refractivity contribution >= 4 is 56.5 Å². The Kier molecular flexibility index (Phi) is 9.09. The number of rotatable bonds is 10. The van der Waals surface area contributed by atoms with Crippen molar-refractivity contribution in [3.05, 3.63) is 70.2 Å². The molecule has 0 aliphatic rings. The van der Waals surface area contributed by atoms with Crippen molar-refractivity contribution in [3.63, 3.8) is 0 Å². The van der Waals surface area contributed by atoms with Crippen molar-refractivity contribution < 1.29 is 37.0 Å². The molecule has 0 spiro atoms. The van der Waals surface area contributed by atoms with Gasteiger partial charge in [-0.2, -0.15) is 0 Å². The minimum absolute atomic E-state index is 0.0341. The lowest BCUT2D eigenvalue weighted by molar-refractivity contribution is -0.118. The maximum Gasteiger partial charge on any atom is 0.340 e. The first-order chi connectivity index (χ1) is 17.6. The topological polar surface area (TPSA) is 129 Å². The van der Waals surface area contributed by atoms with E-state index in [1.54, 1.807) is 12.1 Å². The number of carbonyl (C=O) groups is 2. The summed E-state index contributed by atoms with van der Waals surface area (Å²) in [5.41, 5.74) is 0.465. The molecule has 0 heterocycles. The van der Waals surface area contributed by atoms with Crippen molar-refractivity contribution in [3.8, 4) is 17.2 Å². The van der Waals surface area contributed by atoms with E-state index in [2.05, 4.69) is 10.0 Å². The van der Waals surface area contributed by atoms with E-state index >= 15 is 0 Å². The van der Waals surface area contributed by atoms with Crippen LogP contribution in [0.2, 0.25) is 10.0 Å². The molecule has 0 aliphatic carbocycles. The summed E-state index contributed by atoms with van der Waals surface area (Å²) in [4.78, 5) is 24.6. The maximum absolute atomic E-state index is 12.7. The number of amides is 1. The molecular formula is C24H22Cl2N2O8S. The Bertz CT molecular complexity index is 1410. The summed E-state index contributed by atoms with van der Waals surface area (Å²) in [6, 6.07) is 12.7. The van der Waals surface area contributed by atoms with Crippen LogP contribution in [0, 0.1) is 0 Å². The van der Waals surface area contributed by atoms with Crippen LogP contribution in [0.15, 0.2) is 59.5 Å². The molecule has 0 unspecified atom stereocenters. The summed E-state index contributed by atoms with van der Waals surface area (Å²) in [5.74, 6) is -0.718. The molecule has 0 saturated carbocycles. The number of halogens is 2. The third kappa shape index (κ3) is 6.97. The molecule has 0 radical (unpaired) electrons. The second kappa shape index (κ2) is 12.0. The van der Waals surface area contributed by atoms with Crippen LogP contribution in [-0.2, 0) is 19.6 Å². The highest BCUT2D eigenvalue weighted by Gasteiger charge is 2.20. The lowest BCUT2D eigenvalue weighted by atomic mass is 10.1. The van der Waals surface area contributed by atoms with Gasteiger partial charge in [0.05, 0.1) is 42.5 Å². The summed E-state index contributed by atoms with van der Waals surface area (Å²) in [7, 11) is 0.0612. The summed E-state index contributed by atoms with van der Waals surface area (Å²) in [5, 5.41) is 2.98. The van der Waals surface area contributed by atoms with Gasteiger partial charge in [0.15, 0.2) is 18.1 Å². The number of methoxy groups -OCH3 is 3. The SMILES string of the molecule is COC(=O)c1cc(OC)c(OC)cc1NC(=O)COc1ccc(S(=O)(=O)Nc2ccc(Cl)cc2)cc1Cl. The fourth-order valence-corrected chi connectivity index (χ4v) is 4.60. The number of sulfonamides is 1. The van der Waals surface area contributed by atoms with Crippen molar-refractivity contribution in [1.29, 1.82) is 0 Å². The van der Waals surface area contributed by atoms with E-state index in [9.17, 15) is 18.0 Å². The van der Waals surface area contributed by atoms with E-state index in [0.717, 1.165) is 0 Å². The van der Waals surface area contributed by atoms with E-state index in [4.69, 9.17) is 42.1 Å². The minimum atomic E-state index is -3.94. The number of nitrogens with one attached hydrogen (secondary N) is 2. The van der Waals surface area contributed by atoms with Gasteiger partial charge in [-0.05, 0) is 42.5 Å². The molecule has 0 atom stereocenters. The normalized spacial score (nSPS) is 10.8. The molecule has 10 nitrogen and oxygen atoms in total. The van der Waals surface area contributed by atoms with Gasteiger partial charge in [0.2, 0.25) is 0 Å². The van der Waals surface area contributed by atoms with Crippen molar-refractivity contribution in [1.82, 2.24) is 0 Å². The van der Waals surface area contributed by atoms with Gasteiger partial charge in [0.25, 0.3) is 15.9 Å². The van der Waals surface area contributed by atoms with E-state index in [1.165, 1.54) is 63.8 Å². The third-order valence-electron chi connectivity index (χ3n) is 4.87. The van der Waals surface area contributed by atoms with Crippen LogP contribution in [0.3, 0.4) is 0 Å². The third-order valence-corrected chi connectivity index (χ3v) is 6.80. The van der Waals surface area contributed by atoms with E-state index in [1.807, 2.05) is 0 Å². The van der Waals surface area contributed by atoms with Gasteiger partial charge in [-0.15, -0.1) is 0 Å². The predicted octanol–water partition coefficient (Wildman–Crippen LogP) is 4.62. The highest BCUT2D eigenvalue weighted by molar-refractivity contribution is 7.92.